The van der Waals surface area contributed by atoms with E-state index in [2.05, 4.69) is 24.1 Å². The highest BCUT2D eigenvalue weighted by molar-refractivity contribution is 7.16. The summed E-state index contributed by atoms with van der Waals surface area (Å²) in [6.07, 6.45) is 4.87. The van der Waals surface area contributed by atoms with Gasteiger partial charge in [0.1, 0.15) is 11.4 Å². The average molecular weight is 319 g/mol. The van der Waals surface area contributed by atoms with Crippen LogP contribution in [-0.2, 0) is 11.3 Å². The first-order valence-electron chi connectivity index (χ1n) is 7.78. The lowest BCUT2D eigenvalue weighted by Gasteiger charge is -2.34. The minimum Gasteiger partial charge on any atom is -0.352 e. The molecule has 0 aliphatic heterocycles. The van der Waals surface area contributed by atoms with Crippen molar-refractivity contribution in [3.63, 3.8) is 0 Å². The monoisotopic (exact) mass is 319 g/mol. The molecule has 3 atom stereocenters. The summed E-state index contributed by atoms with van der Waals surface area (Å²) in [6.45, 7) is 4.47. The third-order valence-corrected chi connectivity index (χ3v) is 5.64. The summed E-state index contributed by atoms with van der Waals surface area (Å²) in [4.78, 5) is 29.5. The van der Waals surface area contributed by atoms with Crippen LogP contribution in [0.3, 0.4) is 0 Å². The van der Waals surface area contributed by atoms with Crippen molar-refractivity contribution < 1.29 is 4.79 Å². The van der Waals surface area contributed by atoms with Gasteiger partial charge < -0.3 is 5.32 Å². The number of nitrogens with one attached hydrogen (secondary N) is 1. The fraction of sp³-hybridized carbons (Fsp3) is 0.562. The Kier molecular flexibility index (Phi) is 4.29. The van der Waals surface area contributed by atoms with Crippen LogP contribution in [-0.4, -0.2) is 21.5 Å². The Bertz CT molecular complexity index is 736. The number of amides is 1. The van der Waals surface area contributed by atoms with E-state index in [0.717, 1.165) is 17.7 Å². The van der Waals surface area contributed by atoms with Crippen LogP contribution in [0.2, 0.25) is 0 Å². The summed E-state index contributed by atoms with van der Waals surface area (Å²) in [5.74, 6) is 1.00. The molecule has 1 saturated carbocycles. The fourth-order valence-corrected chi connectivity index (χ4v) is 3.92. The quantitative estimate of drug-likeness (QED) is 0.945. The third-order valence-electron chi connectivity index (χ3n) is 4.82. The van der Waals surface area contributed by atoms with Crippen molar-refractivity contribution in [2.75, 3.05) is 0 Å². The molecule has 2 aromatic rings. The van der Waals surface area contributed by atoms with Crippen LogP contribution in [0.25, 0.3) is 10.2 Å². The van der Waals surface area contributed by atoms with E-state index in [1.165, 1.54) is 28.7 Å². The molecule has 1 fully saturated rings. The number of hydrogen-bond acceptors (Lipinski definition) is 4. The number of carbonyl (C=O) groups excluding carboxylic acids is 1. The molecule has 2 heterocycles. The van der Waals surface area contributed by atoms with E-state index in [4.69, 9.17) is 0 Å². The molecule has 0 bridgehead atoms. The molecule has 1 amide bonds. The van der Waals surface area contributed by atoms with E-state index in [0.29, 0.717) is 17.2 Å². The number of carbonyl (C=O) groups is 1. The molecule has 22 heavy (non-hydrogen) atoms. The Labute approximate surface area is 133 Å². The third kappa shape index (κ3) is 2.92. The summed E-state index contributed by atoms with van der Waals surface area (Å²) in [5.41, 5.74) is -0.147. The number of aromatic nitrogens is 2. The maximum atomic E-state index is 12.3. The van der Waals surface area contributed by atoms with Gasteiger partial charge in [0.25, 0.3) is 5.56 Å². The lowest BCUT2D eigenvalue weighted by atomic mass is 9.78. The van der Waals surface area contributed by atoms with Crippen LogP contribution in [0.15, 0.2) is 22.6 Å². The molecule has 0 aromatic carbocycles. The zero-order valence-corrected chi connectivity index (χ0v) is 13.7. The zero-order chi connectivity index (χ0) is 15.7. The van der Waals surface area contributed by atoms with E-state index in [9.17, 15) is 9.59 Å². The van der Waals surface area contributed by atoms with E-state index in [1.54, 1.807) is 6.07 Å². The van der Waals surface area contributed by atoms with E-state index >= 15 is 0 Å². The Morgan fingerprint density at radius 1 is 1.45 bits per heavy atom. The molecule has 5 nitrogen and oxygen atoms in total. The first-order chi connectivity index (χ1) is 10.6. The lowest BCUT2D eigenvalue weighted by molar-refractivity contribution is -0.123. The molecule has 118 valence electrons. The number of nitrogens with zero attached hydrogens (tertiary/aromatic N) is 2. The molecule has 2 aromatic heterocycles. The highest BCUT2D eigenvalue weighted by atomic mass is 32.1. The van der Waals surface area contributed by atoms with Crippen LogP contribution in [0.1, 0.15) is 33.1 Å². The van der Waals surface area contributed by atoms with Crippen molar-refractivity contribution in [2.24, 2.45) is 11.8 Å². The maximum Gasteiger partial charge on any atom is 0.262 e. The average Bonchev–Trinajstić information content (AvgIpc) is 2.96. The van der Waals surface area contributed by atoms with Crippen LogP contribution in [0.4, 0.5) is 0 Å². The molecular formula is C16H21N3O2S. The van der Waals surface area contributed by atoms with Gasteiger partial charge in [-0.2, -0.15) is 0 Å². The lowest BCUT2D eigenvalue weighted by Crippen LogP contribution is -2.45. The second kappa shape index (κ2) is 6.20. The van der Waals surface area contributed by atoms with Crippen LogP contribution in [0.5, 0.6) is 0 Å². The van der Waals surface area contributed by atoms with Gasteiger partial charge >= 0.3 is 0 Å². The summed E-state index contributed by atoms with van der Waals surface area (Å²) < 4.78 is 1.39. The SMILES string of the molecule is C[C@H]1[C@H](C)CCC[C@@H]1NC(=O)Cn1cnc2sccc2c1=O. The summed E-state index contributed by atoms with van der Waals surface area (Å²) >= 11 is 1.43. The van der Waals surface area contributed by atoms with E-state index < -0.39 is 0 Å². The standard InChI is InChI=1S/C16H21N3O2S/c1-10-4-3-5-13(11(10)2)18-14(20)8-19-9-17-15-12(16(19)21)6-7-22-15/h6-7,9-11,13H,3-5,8H2,1-2H3,(H,18,20)/t10-,11+,13+/m1/s1. The van der Waals surface area contributed by atoms with E-state index in [1.807, 2.05) is 5.38 Å². The number of thiophene rings is 1. The van der Waals surface area contributed by atoms with Crippen molar-refractivity contribution in [3.05, 3.63) is 28.1 Å². The molecular weight excluding hydrogens is 298 g/mol. The molecule has 0 spiro atoms. The van der Waals surface area contributed by atoms with Crippen molar-refractivity contribution in [1.29, 1.82) is 0 Å². The van der Waals surface area contributed by atoms with Gasteiger partial charge in [-0.05, 0) is 29.7 Å². The second-order valence-corrected chi connectivity index (χ2v) is 7.15. The molecule has 0 radical (unpaired) electrons. The first-order valence-corrected chi connectivity index (χ1v) is 8.66. The Morgan fingerprint density at radius 2 is 2.27 bits per heavy atom. The van der Waals surface area contributed by atoms with Gasteiger partial charge in [0, 0.05) is 6.04 Å². The Hall–Kier alpha value is -1.69. The van der Waals surface area contributed by atoms with Crippen molar-refractivity contribution in [1.82, 2.24) is 14.9 Å². The summed E-state index contributed by atoms with van der Waals surface area (Å²) in [7, 11) is 0. The van der Waals surface area contributed by atoms with Gasteiger partial charge in [0.2, 0.25) is 5.91 Å². The van der Waals surface area contributed by atoms with Gasteiger partial charge in [0.15, 0.2) is 0 Å². The van der Waals surface area contributed by atoms with Crippen molar-refractivity contribution >= 4 is 27.5 Å². The smallest absolute Gasteiger partial charge is 0.262 e. The molecule has 0 saturated heterocycles. The molecule has 3 rings (SSSR count). The molecule has 1 N–H and O–H groups in total. The molecule has 1 aliphatic carbocycles. The predicted molar refractivity (Wildman–Crippen MR) is 88.0 cm³/mol. The molecule has 1 aliphatic rings. The highest BCUT2D eigenvalue weighted by Gasteiger charge is 2.28. The minimum atomic E-state index is -0.147. The molecule has 0 unspecified atom stereocenters. The van der Waals surface area contributed by atoms with Gasteiger partial charge in [-0.1, -0.05) is 26.7 Å². The fourth-order valence-electron chi connectivity index (χ4n) is 3.20. The number of rotatable bonds is 3. The number of fused-ring (bicyclic) bond motifs is 1. The predicted octanol–water partition coefficient (Wildman–Crippen LogP) is 2.40. The zero-order valence-electron chi connectivity index (χ0n) is 12.9. The summed E-state index contributed by atoms with van der Waals surface area (Å²) in [5, 5.41) is 5.52. The largest absolute Gasteiger partial charge is 0.352 e. The minimum absolute atomic E-state index is 0.0369. The Balaban J connectivity index is 1.70. The topological polar surface area (TPSA) is 64.0 Å². The van der Waals surface area contributed by atoms with E-state index in [-0.39, 0.29) is 24.1 Å². The van der Waals surface area contributed by atoms with Crippen LogP contribution in [0, 0.1) is 11.8 Å². The highest BCUT2D eigenvalue weighted by Crippen LogP contribution is 2.29. The van der Waals surface area contributed by atoms with Crippen molar-refractivity contribution in [3.8, 4) is 0 Å². The van der Waals surface area contributed by atoms with Crippen molar-refractivity contribution in [2.45, 2.75) is 45.7 Å². The van der Waals surface area contributed by atoms with Gasteiger partial charge in [-0.3, -0.25) is 14.2 Å². The number of hydrogen-bond donors (Lipinski definition) is 1. The second-order valence-electron chi connectivity index (χ2n) is 6.26. The molecule has 6 heteroatoms. The summed E-state index contributed by atoms with van der Waals surface area (Å²) in [6, 6.07) is 1.97. The maximum absolute atomic E-state index is 12.3. The van der Waals surface area contributed by atoms with Gasteiger partial charge in [-0.15, -0.1) is 11.3 Å². The normalized spacial score (nSPS) is 25.3. The van der Waals surface area contributed by atoms with Gasteiger partial charge in [-0.25, -0.2) is 4.98 Å². The van der Waals surface area contributed by atoms with Gasteiger partial charge in [0.05, 0.1) is 11.7 Å². The first kappa shape index (κ1) is 15.2. The Morgan fingerprint density at radius 3 is 3.09 bits per heavy atom. The van der Waals surface area contributed by atoms with Crippen LogP contribution >= 0.6 is 11.3 Å². The van der Waals surface area contributed by atoms with Crippen LogP contribution < -0.4 is 10.9 Å².